The molecule has 1 fully saturated rings. The first-order chi connectivity index (χ1) is 11.7. The van der Waals surface area contributed by atoms with Crippen molar-refractivity contribution in [2.75, 3.05) is 19.7 Å². The molecule has 1 atom stereocenters. The van der Waals surface area contributed by atoms with Crippen LogP contribution in [0.3, 0.4) is 0 Å². The lowest BCUT2D eigenvalue weighted by Crippen LogP contribution is -2.30. The van der Waals surface area contributed by atoms with Gasteiger partial charge in [-0.15, -0.1) is 0 Å². The number of aryl methyl sites for hydroxylation is 2. The molecule has 0 N–H and O–H groups in total. The molecule has 5 nitrogen and oxygen atoms in total. The minimum Gasteiger partial charge on any atom is -0.494 e. The minimum atomic E-state index is 0.0938. The average molecular weight is 327 g/mol. The van der Waals surface area contributed by atoms with Crippen LogP contribution in [-0.2, 0) is 6.54 Å². The van der Waals surface area contributed by atoms with Crippen molar-refractivity contribution in [2.45, 2.75) is 33.2 Å². The Morgan fingerprint density at radius 1 is 1.29 bits per heavy atom. The summed E-state index contributed by atoms with van der Waals surface area (Å²) in [4.78, 5) is 14.5. The predicted molar refractivity (Wildman–Crippen MR) is 93.2 cm³/mol. The van der Waals surface area contributed by atoms with Gasteiger partial charge in [0.25, 0.3) is 5.91 Å². The van der Waals surface area contributed by atoms with Crippen molar-refractivity contribution in [3.8, 4) is 5.75 Å². The molecule has 1 aliphatic heterocycles. The third-order valence-electron chi connectivity index (χ3n) is 4.62. The molecular weight excluding hydrogens is 302 g/mol. The van der Waals surface area contributed by atoms with Crippen LogP contribution in [0.2, 0.25) is 0 Å². The quantitative estimate of drug-likeness (QED) is 0.819. The maximum atomic E-state index is 12.6. The van der Waals surface area contributed by atoms with Crippen LogP contribution in [0.1, 0.15) is 35.8 Å². The fraction of sp³-hybridized carbons (Fsp3) is 0.474. The van der Waals surface area contributed by atoms with Crippen molar-refractivity contribution in [3.05, 3.63) is 47.8 Å². The van der Waals surface area contributed by atoms with E-state index in [-0.39, 0.29) is 5.91 Å². The second-order valence-corrected chi connectivity index (χ2v) is 6.39. The summed E-state index contributed by atoms with van der Waals surface area (Å²) in [5.74, 6) is 1.52. The number of rotatable bonds is 6. The molecule has 24 heavy (non-hydrogen) atoms. The van der Waals surface area contributed by atoms with E-state index in [0.29, 0.717) is 18.2 Å². The Hall–Kier alpha value is -2.30. The van der Waals surface area contributed by atoms with E-state index >= 15 is 0 Å². The molecule has 1 aromatic carbocycles. The molecular formula is C19H25N3O2. The van der Waals surface area contributed by atoms with E-state index in [1.165, 1.54) is 5.56 Å². The first kappa shape index (κ1) is 16.6. The van der Waals surface area contributed by atoms with Crippen LogP contribution < -0.4 is 4.74 Å². The van der Waals surface area contributed by atoms with Crippen LogP contribution in [0.5, 0.6) is 5.75 Å². The first-order valence-corrected chi connectivity index (χ1v) is 8.68. The van der Waals surface area contributed by atoms with Crippen LogP contribution in [0.15, 0.2) is 36.5 Å². The zero-order chi connectivity index (χ0) is 16.9. The lowest BCUT2D eigenvalue weighted by Gasteiger charge is -2.17. The number of aromatic nitrogens is 2. The maximum absolute atomic E-state index is 12.6. The van der Waals surface area contributed by atoms with Gasteiger partial charge < -0.3 is 9.64 Å². The van der Waals surface area contributed by atoms with Crippen LogP contribution in [-0.4, -0.2) is 40.3 Å². The maximum Gasteiger partial charge on any atom is 0.272 e. The lowest BCUT2D eigenvalue weighted by atomic mass is 10.1. The molecule has 0 bridgehead atoms. The zero-order valence-corrected chi connectivity index (χ0v) is 14.4. The number of benzene rings is 1. The standard InChI is InChI=1S/C19H25N3O2/c1-3-22-18(8-11-20-22)19(23)21-12-9-16(14-21)10-13-24-17-6-4-15(2)5-7-17/h4-8,11,16H,3,9-10,12-14H2,1-2H3. The van der Waals surface area contributed by atoms with Gasteiger partial charge >= 0.3 is 0 Å². The van der Waals surface area contributed by atoms with Crippen LogP contribution in [0.4, 0.5) is 0 Å². The molecule has 1 amide bonds. The molecule has 2 aromatic rings. The number of carbonyl (C=O) groups excluding carboxylic acids is 1. The number of hydrogen-bond donors (Lipinski definition) is 0. The highest BCUT2D eigenvalue weighted by atomic mass is 16.5. The van der Waals surface area contributed by atoms with Crippen molar-refractivity contribution < 1.29 is 9.53 Å². The van der Waals surface area contributed by atoms with Crippen molar-refractivity contribution in [3.63, 3.8) is 0 Å². The molecule has 1 aliphatic rings. The van der Waals surface area contributed by atoms with Gasteiger partial charge in [-0.2, -0.15) is 5.10 Å². The lowest BCUT2D eigenvalue weighted by molar-refractivity contribution is 0.0773. The van der Waals surface area contributed by atoms with Crippen LogP contribution in [0.25, 0.3) is 0 Å². The van der Waals surface area contributed by atoms with E-state index in [0.717, 1.165) is 38.2 Å². The fourth-order valence-electron chi connectivity index (χ4n) is 3.16. The Kier molecular flexibility index (Phi) is 5.18. The molecule has 1 aromatic heterocycles. The van der Waals surface area contributed by atoms with Gasteiger partial charge in [-0.05, 0) is 50.8 Å². The monoisotopic (exact) mass is 327 g/mol. The smallest absolute Gasteiger partial charge is 0.272 e. The molecule has 0 radical (unpaired) electrons. The largest absolute Gasteiger partial charge is 0.494 e. The van der Waals surface area contributed by atoms with Crippen molar-refractivity contribution in [2.24, 2.45) is 5.92 Å². The summed E-state index contributed by atoms with van der Waals surface area (Å²) in [5.41, 5.74) is 1.92. The zero-order valence-electron chi connectivity index (χ0n) is 14.4. The summed E-state index contributed by atoms with van der Waals surface area (Å²) in [6, 6.07) is 9.93. The number of carbonyl (C=O) groups is 1. The molecule has 0 spiro atoms. The highest BCUT2D eigenvalue weighted by molar-refractivity contribution is 5.92. The van der Waals surface area contributed by atoms with Gasteiger partial charge in [0.05, 0.1) is 6.61 Å². The van der Waals surface area contributed by atoms with E-state index in [1.807, 2.05) is 24.0 Å². The van der Waals surface area contributed by atoms with Gasteiger partial charge in [0.15, 0.2) is 0 Å². The topological polar surface area (TPSA) is 47.4 Å². The number of ether oxygens (including phenoxy) is 1. The highest BCUT2D eigenvalue weighted by Crippen LogP contribution is 2.22. The van der Waals surface area contributed by atoms with E-state index in [2.05, 4.69) is 24.2 Å². The number of amides is 1. The summed E-state index contributed by atoms with van der Waals surface area (Å²) in [5, 5.41) is 4.18. The fourth-order valence-corrected chi connectivity index (χ4v) is 3.16. The Balaban J connectivity index is 1.47. The van der Waals surface area contributed by atoms with Gasteiger partial charge in [0.1, 0.15) is 11.4 Å². The van der Waals surface area contributed by atoms with Crippen LogP contribution in [0, 0.1) is 12.8 Å². The average Bonchev–Trinajstić information content (AvgIpc) is 3.25. The molecule has 1 unspecified atom stereocenters. The van der Waals surface area contributed by atoms with E-state index in [9.17, 15) is 4.79 Å². The summed E-state index contributed by atoms with van der Waals surface area (Å²) in [6.07, 6.45) is 3.72. The summed E-state index contributed by atoms with van der Waals surface area (Å²) >= 11 is 0. The predicted octanol–water partition coefficient (Wildman–Crippen LogP) is 3.14. The van der Waals surface area contributed by atoms with Gasteiger partial charge in [0, 0.05) is 25.8 Å². The Labute approximate surface area is 143 Å². The Morgan fingerprint density at radius 3 is 2.83 bits per heavy atom. The van der Waals surface area contributed by atoms with Gasteiger partial charge in [-0.25, -0.2) is 0 Å². The third kappa shape index (κ3) is 3.78. The normalized spacial score (nSPS) is 17.2. The minimum absolute atomic E-state index is 0.0938. The molecule has 5 heteroatoms. The second-order valence-electron chi connectivity index (χ2n) is 6.39. The number of hydrogen-bond acceptors (Lipinski definition) is 3. The molecule has 1 saturated heterocycles. The second kappa shape index (κ2) is 7.51. The van der Waals surface area contributed by atoms with Gasteiger partial charge in [-0.1, -0.05) is 17.7 Å². The van der Waals surface area contributed by atoms with Crippen molar-refractivity contribution in [1.82, 2.24) is 14.7 Å². The molecule has 3 rings (SSSR count). The van der Waals surface area contributed by atoms with Crippen molar-refractivity contribution in [1.29, 1.82) is 0 Å². The van der Waals surface area contributed by atoms with E-state index < -0.39 is 0 Å². The Morgan fingerprint density at radius 2 is 2.08 bits per heavy atom. The summed E-state index contributed by atoms with van der Waals surface area (Å²) in [6.45, 7) is 7.11. The number of likely N-dealkylation sites (tertiary alicyclic amines) is 1. The van der Waals surface area contributed by atoms with E-state index in [1.54, 1.807) is 16.9 Å². The highest BCUT2D eigenvalue weighted by Gasteiger charge is 2.28. The first-order valence-electron chi connectivity index (χ1n) is 8.68. The van der Waals surface area contributed by atoms with Gasteiger partial charge in [0.2, 0.25) is 0 Å². The molecule has 2 heterocycles. The van der Waals surface area contributed by atoms with Gasteiger partial charge in [-0.3, -0.25) is 9.48 Å². The third-order valence-corrected chi connectivity index (χ3v) is 4.62. The molecule has 0 aliphatic carbocycles. The van der Waals surface area contributed by atoms with Crippen molar-refractivity contribution >= 4 is 5.91 Å². The molecule has 128 valence electrons. The summed E-state index contributed by atoms with van der Waals surface area (Å²) < 4.78 is 7.57. The SMILES string of the molecule is CCn1nccc1C(=O)N1CCC(CCOc2ccc(C)cc2)C1. The van der Waals surface area contributed by atoms with Crippen LogP contribution >= 0.6 is 0 Å². The number of nitrogens with zero attached hydrogens (tertiary/aromatic N) is 3. The van der Waals surface area contributed by atoms with E-state index in [4.69, 9.17) is 4.74 Å². The summed E-state index contributed by atoms with van der Waals surface area (Å²) in [7, 11) is 0. The Bertz CT molecular complexity index is 678. The molecule has 0 saturated carbocycles.